The number of carbonyl (C=O) groups excluding carboxylic acids is 1. The monoisotopic (exact) mass is 210 g/mol. The van der Waals surface area contributed by atoms with Gasteiger partial charge in [-0.3, -0.25) is 9.69 Å². The molecule has 0 aliphatic carbocycles. The lowest BCUT2D eigenvalue weighted by molar-refractivity contribution is -0.119. The maximum atomic E-state index is 13.4. The van der Waals surface area contributed by atoms with E-state index in [1.807, 2.05) is 6.92 Å². The normalized spacial score (nSPS) is 12.8. The highest BCUT2D eigenvalue weighted by Gasteiger charge is 2.16. The summed E-state index contributed by atoms with van der Waals surface area (Å²) in [4.78, 5) is 12.4. The van der Waals surface area contributed by atoms with Crippen LogP contribution in [-0.2, 0) is 4.79 Å². The number of hydrogen-bond donors (Lipinski definition) is 1. The Bertz CT molecular complexity index is 354. The van der Waals surface area contributed by atoms with E-state index in [1.54, 1.807) is 30.1 Å². The molecule has 1 unspecified atom stereocenters. The van der Waals surface area contributed by atoms with Crippen LogP contribution < -0.4 is 5.73 Å². The second-order valence-electron chi connectivity index (χ2n) is 3.58. The van der Waals surface area contributed by atoms with Crippen LogP contribution >= 0.6 is 0 Å². The zero-order valence-electron chi connectivity index (χ0n) is 8.90. The van der Waals surface area contributed by atoms with Gasteiger partial charge < -0.3 is 5.73 Å². The molecule has 1 aromatic rings. The van der Waals surface area contributed by atoms with Crippen molar-refractivity contribution in [1.82, 2.24) is 4.90 Å². The molecule has 15 heavy (non-hydrogen) atoms. The Balaban J connectivity index is 2.80. The van der Waals surface area contributed by atoms with Crippen LogP contribution in [-0.4, -0.2) is 24.4 Å². The molecule has 0 saturated carbocycles. The molecule has 0 radical (unpaired) electrons. The van der Waals surface area contributed by atoms with Crippen molar-refractivity contribution in [2.45, 2.75) is 13.0 Å². The van der Waals surface area contributed by atoms with Crippen LogP contribution in [0.1, 0.15) is 18.5 Å². The SMILES string of the molecule is CC(c1ccccc1F)N(C)CC(N)=O. The number of primary amides is 1. The molecule has 0 saturated heterocycles. The van der Waals surface area contributed by atoms with Gasteiger partial charge in [-0.2, -0.15) is 0 Å². The Kier molecular flexibility index (Phi) is 3.80. The second kappa shape index (κ2) is 4.89. The van der Waals surface area contributed by atoms with E-state index < -0.39 is 5.91 Å². The number of likely N-dealkylation sites (N-methyl/N-ethyl adjacent to an activating group) is 1. The summed E-state index contributed by atoms with van der Waals surface area (Å²) < 4.78 is 13.4. The Labute approximate surface area is 88.7 Å². The molecular weight excluding hydrogens is 195 g/mol. The number of halogens is 1. The van der Waals surface area contributed by atoms with Crippen molar-refractivity contribution in [1.29, 1.82) is 0 Å². The van der Waals surface area contributed by atoms with E-state index >= 15 is 0 Å². The third-order valence-electron chi connectivity index (χ3n) is 2.42. The first kappa shape index (κ1) is 11.7. The van der Waals surface area contributed by atoms with E-state index in [0.29, 0.717) is 5.56 Å². The van der Waals surface area contributed by atoms with Crippen LogP contribution in [0, 0.1) is 5.82 Å². The molecule has 0 spiro atoms. The summed E-state index contributed by atoms with van der Waals surface area (Å²) in [6.45, 7) is 1.96. The van der Waals surface area contributed by atoms with Gasteiger partial charge in [0.25, 0.3) is 0 Å². The summed E-state index contributed by atoms with van der Waals surface area (Å²) in [6, 6.07) is 6.35. The van der Waals surface area contributed by atoms with Crippen LogP contribution in [0.5, 0.6) is 0 Å². The molecule has 0 aromatic heterocycles. The molecule has 0 fully saturated rings. The molecule has 4 heteroatoms. The zero-order valence-corrected chi connectivity index (χ0v) is 8.90. The van der Waals surface area contributed by atoms with E-state index in [4.69, 9.17) is 5.73 Å². The van der Waals surface area contributed by atoms with E-state index in [-0.39, 0.29) is 18.4 Å². The fraction of sp³-hybridized carbons (Fsp3) is 0.364. The molecule has 0 bridgehead atoms. The number of rotatable bonds is 4. The Morgan fingerprint density at radius 2 is 2.13 bits per heavy atom. The van der Waals surface area contributed by atoms with Crippen LogP contribution in [0.25, 0.3) is 0 Å². The number of hydrogen-bond acceptors (Lipinski definition) is 2. The van der Waals surface area contributed by atoms with Crippen LogP contribution in [0.4, 0.5) is 4.39 Å². The lowest BCUT2D eigenvalue weighted by Gasteiger charge is -2.23. The first-order valence-corrected chi connectivity index (χ1v) is 4.75. The van der Waals surface area contributed by atoms with Gasteiger partial charge in [-0.1, -0.05) is 18.2 Å². The van der Waals surface area contributed by atoms with E-state index in [1.165, 1.54) is 6.07 Å². The van der Waals surface area contributed by atoms with E-state index in [2.05, 4.69) is 0 Å². The highest BCUT2D eigenvalue weighted by Crippen LogP contribution is 2.20. The second-order valence-corrected chi connectivity index (χ2v) is 3.58. The fourth-order valence-electron chi connectivity index (χ4n) is 1.43. The van der Waals surface area contributed by atoms with Crippen molar-refractivity contribution in [3.05, 3.63) is 35.6 Å². The lowest BCUT2D eigenvalue weighted by Crippen LogP contribution is -2.32. The standard InChI is InChI=1S/C11H15FN2O/c1-8(14(2)7-11(13)15)9-5-3-4-6-10(9)12/h3-6,8H,7H2,1-2H3,(H2,13,15). The molecule has 0 heterocycles. The lowest BCUT2D eigenvalue weighted by atomic mass is 10.1. The van der Waals surface area contributed by atoms with Gasteiger partial charge in [0.05, 0.1) is 6.54 Å². The predicted molar refractivity (Wildman–Crippen MR) is 56.6 cm³/mol. The predicted octanol–water partition coefficient (Wildman–Crippen LogP) is 1.30. The van der Waals surface area contributed by atoms with Gasteiger partial charge in [0, 0.05) is 11.6 Å². The van der Waals surface area contributed by atoms with Crippen molar-refractivity contribution in [2.24, 2.45) is 5.73 Å². The van der Waals surface area contributed by atoms with Crippen molar-refractivity contribution >= 4 is 5.91 Å². The third kappa shape index (κ3) is 3.02. The minimum atomic E-state index is -0.416. The first-order valence-electron chi connectivity index (χ1n) is 4.75. The van der Waals surface area contributed by atoms with Crippen molar-refractivity contribution < 1.29 is 9.18 Å². The summed E-state index contributed by atoms with van der Waals surface area (Å²) >= 11 is 0. The summed E-state index contributed by atoms with van der Waals surface area (Å²) in [5.41, 5.74) is 5.64. The van der Waals surface area contributed by atoms with Crippen LogP contribution in [0.15, 0.2) is 24.3 Å². The number of carbonyl (C=O) groups is 1. The van der Waals surface area contributed by atoms with Crippen LogP contribution in [0.3, 0.4) is 0 Å². The molecule has 1 atom stereocenters. The van der Waals surface area contributed by atoms with Crippen LogP contribution in [0.2, 0.25) is 0 Å². The van der Waals surface area contributed by atoms with Gasteiger partial charge in [-0.25, -0.2) is 4.39 Å². The molecule has 1 rings (SSSR count). The number of amides is 1. The summed E-state index contributed by atoms with van der Waals surface area (Å²) in [7, 11) is 1.74. The summed E-state index contributed by atoms with van der Waals surface area (Å²) in [6.07, 6.45) is 0. The number of nitrogens with zero attached hydrogens (tertiary/aromatic N) is 1. The van der Waals surface area contributed by atoms with Crippen molar-refractivity contribution in [3.8, 4) is 0 Å². The molecule has 3 nitrogen and oxygen atoms in total. The molecule has 0 aliphatic heterocycles. The largest absolute Gasteiger partial charge is 0.369 e. The molecular formula is C11H15FN2O. The molecule has 2 N–H and O–H groups in total. The third-order valence-corrected chi connectivity index (χ3v) is 2.42. The first-order chi connectivity index (χ1) is 7.02. The summed E-state index contributed by atoms with van der Waals surface area (Å²) in [5.74, 6) is -0.679. The van der Waals surface area contributed by atoms with Gasteiger partial charge >= 0.3 is 0 Å². The molecule has 82 valence electrons. The average molecular weight is 210 g/mol. The maximum absolute atomic E-state index is 13.4. The fourth-order valence-corrected chi connectivity index (χ4v) is 1.43. The number of nitrogens with two attached hydrogens (primary N) is 1. The average Bonchev–Trinajstić information content (AvgIpc) is 2.16. The molecule has 0 aliphatic rings. The molecule has 1 amide bonds. The topological polar surface area (TPSA) is 46.3 Å². The van der Waals surface area contributed by atoms with Gasteiger partial charge in [-0.15, -0.1) is 0 Å². The quantitative estimate of drug-likeness (QED) is 0.814. The Hall–Kier alpha value is -1.42. The Morgan fingerprint density at radius 1 is 1.53 bits per heavy atom. The Morgan fingerprint density at radius 3 is 2.67 bits per heavy atom. The van der Waals surface area contributed by atoms with Gasteiger partial charge in [0.2, 0.25) is 5.91 Å². The van der Waals surface area contributed by atoms with E-state index in [9.17, 15) is 9.18 Å². The van der Waals surface area contributed by atoms with Gasteiger partial charge in [0.15, 0.2) is 0 Å². The van der Waals surface area contributed by atoms with E-state index in [0.717, 1.165) is 0 Å². The smallest absolute Gasteiger partial charge is 0.231 e. The van der Waals surface area contributed by atoms with Gasteiger partial charge in [0.1, 0.15) is 5.82 Å². The minimum absolute atomic E-state index is 0.121. The maximum Gasteiger partial charge on any atom is 0.231 e. The van der Waals surface area contributed by atoms with Gasteiger partial charge in [-0.05, 0) is 20.0 Å². The highest BCUT2D eigenvalue weighted by atomic mass is 19.1. The minimum Gasteiger partial charge on any atom is -0.369 e. The van der Waals surface area contributed by atoms with Crippen molar-refractivity contribution in [3.63, 3.8) is 0 Å². The highest BCUT2D eigenvalue weighted by molar-refractivity contribution is 5.75. The zero-order chi connectivity index (χ0) is 11.4. The molecule has 1 aromatic carbocycles. The van der Waals surface area contributed by atoms with Crippen molar-refractivity contribution in [2.75, 3.05) is 13.6 Å². The number of benzene rings is 1. The summed E-state index contributed by atoms with van der Waals surface area (Å²) in [5, 5.41) is 0.